The lowest BCUT2D eigenvalue weighted by molar-refractivity contribution is -0.0372. The van der Waals surface area contributed by atoms with E-state index in [0.29, 0.717) is 50.4 Å². The molecule has 7 heteroatoms. The number of benzene rings is 1. The molecular weight excluding hydrogens is 336 g/mol. The molecule has 1 aliphatic heterocycles. The molecule has 1 saturated carbocycles. The number of urea groups is 1. The van der Waals surface area contributed by atoms with Crippen LogP contribution in [0.1, 0.15) is 18.4 Å². The molecule has 0 unspecified atom stereocenters. The highest BCUT2D eigenvalue weighted by Gasteiger charge is 2.42. The molecule has 0 aromatic heterocycles. The third kappa shape index (κ3) is 4.04. The number of carbonyl (C=O) groups is 1. The summed E-state index contributed by atoms with van der Waals surface area (Å²) in [5, 5.41) is 22.6. The molecule has 0 spiro atoms. The number of carbonyl (C=O) groups excluding carboxylic acids is 1. The van der Waals surface area contributed by atoms with E-state index in [1.54, 1.807) is 19.1 Å². The van der Waals surface area contributed by atoms with Crippen LogP contribution in [0, 0.1) is 11.8 Å². The number of methoxy groups -OCH3 is 2. The summed E-state index contributed by atoms with van der Waals surface area (Å²) in [4.78, 5) is 14.2. The van der Waals surface area contributed by atoms with Gasteiger partial charge < -0.3 is 29.9 Å². The van der Waals surface area contributed by atoms with Gasteiger partial charge in [0, 0.05) is 19.6 Å². The average molecular weight is 364 g/mol. The monoisotopic (exact) mass is 364 g/mol. The summed E-state index contributed by atoms with van der Waals surface area (Å²) in [6, 6.07) is 5.65. The van der Waals surface area contributed by atoms with E-state index in [2.05, 4.69) is 5.32 Å². The molecule has 4 atom stereocenters. The number of fused-ring (bicyclic) bond motifs is 1. The van der Waals surface area contributed by atoms with E-state index in [0.717, 1.165) is 5.56 Å². The first-order chi connectivity index (χ1) is 12.5. The largest absolute Gasteiger partial charge is 0.493 e. The average Bonchev–Trinajstić information content (AvgIpc) is 3.04. The highest BCUT2D eigenvalue weighted by Crippen LogP contribution is 2.36. The molecule has 1 saturated heterocycles. The molecular formula is C19H28N2O5. The van der Waals surface area contributed by atoms with Crippen LogP contribution in [0.5, 0.6) is 11.5 Å². The molecule has 1 aromatic carbocycles. The summed E-state index contributed by atoms with van der Waals surface area (Å²) < 4.78 is 10.5. The lowest BCUT2D eigenvalue weighted by Crippen LogP contribution is -2.39. The van der Waals surface area contributed by atoms with Gasteiger partial charge in [0.2, 0.25) is 0 Å². The zero-order chi connectivity index (χ0) is 18.7. The fraction of sp³-hybridized carbons (Fsp3) is 0.632. The van der Waals surface area contributed by atoms with Crippen molar-refractivity contribution in [2.24, 2.45) is 11.8 Å². The Balaban J connectivity index is 1.48. The summed E-state index contributed by atoms with van der Waals surface area (Å²) in [6.07, 6.45) is 0.515. The predicted molar refractivity (Wildman–Crippen MR) is 96.4 cm³/mol. The standard InChI is InChI=1S/C19H28N2O5/c1-25-17-4-3-12(7-18(17)26-2)5-6-20-19(24)21-10-13-8-15(22)16(23)9-14(13)11-21/h3-4,7,13-16,22-23H,5-6,8-11H2,1-2H3,(H,20,24)/t13-,14+,15+,16-. The van der Waals surface area contributed by atoms with Gasteiger partial charge in [0.1, 0.15) is 0 Å². The van der Waals surface area contributed by atoms with Crippen LogP contribution in [-0.4, -0.2) is 67.2 Å². The predicted octanol–water partition coefficient (Wildman–Crippen LogP) is 1.02. The van der Waals surface area contributed by atoms with E-state index in [1.807, 2.05) is 18.2 Å². The number of nitrogens with one attached hydrogen (secondary N) is 1. The van der Waals surface area contributed by atoms with Crippen LogP contribution >= 0.6 is 0 Å². The Hall–Kier alpha value is -1.99. The first kappa shape index (κ1) is 18.8. The lowest BCUT2D eigenvalue weighted by Gasteiger charge is -2.31. The van der Waals surface area contributed by atoms with Crippen LogP contribution in [0.15, 0.2) is 18.2 Å². The van der Waals surface area contributed by atoms with Gasteiger partial charge in [0.15, 0.2) is 11.5 Å². The Morgan fingerprint density at radius 2 is 1.73 bits per heavy atom. The maximum Gasteiger partial charge on any atom is 0.317 e. The van der Waals surface area contributed by atoms with E-state index < -0.39 is 12.2 Å². The molecule has 1 heterocycles. The number of hydrogen-bond acceptors (Lipinski definition) is 5. The van der Waals surface area contributed by atoms with Crippen molar-refractivity contribution in [3.63, 3.8) is 0 Å². The zero-order valence-corrected chi connectivity index (χ0v) is 15.4. The molecule has 3 rings (SSSR count). The number of likely N-dealkylation sites (tertiary alicyclic amines) is 1. The minimum atomic E-state index is -0.663. The van der Waals surface area contributed by atoms with Crippen LogP contribution in [-0.2, 0) is 6.42 Å². The van der Waals surface area contributed by atoms with Crippen molar-refractivity contribution in [1.29, 1.82) is 0 Å². The Labute approximate surface area is 153 Å². The summed E-state index contributed by atoms with van der Waals surface area (Å²) in [5.74, 6) is 1.93. The third-order valence-corrected chi connectivity index (χ3v) is 5.53. The van der Waals surface area contributed by atoms with E-state index in [9.17, 15) is 15.0 Å². The maximum atomic E-state index is 12.4. The molecule has 144 valence electrons. The normalized spacial score (nSPS) is 27.8. The van der Waals surface area contributed by atoms with E-state index in [-0.39, 0.29) is 17.9 Å². The smallest absolute Gasteiger partial charge is 0.317 e. The van der Waals surface area contributed by atoms with Crippen molar-refractivity contribution < 1.29 is 24.5 Å². The molecule has 3 N–H and O–H groups in total. The second kappa shape index (κ2) is 8.14. The van der Waals surface area contributed by atoms with Crippen LogP contribution in [0.4, 0.5) is 4.79 Å². The van der Waals surface area contributed by atoms with Gasteiger partial charge in [-0.25, -0.2) is 4.79 Å². The third-order valence-electron chi connectivity index (χ3n) is 5.53. The molecule has 2 amide bonds. The van der Waals surface area contributed by atoms with Crippen molar-refractivity contribution in [2.45, 2.75) is 31.5 Å². The lowest BCUT2D eigenvalue weighted by atomic mass is 9.79. The molecule has 1 aliphatic carbocycles. The van der Waals surface area contributed by atoms with Gasteiger partial charge in [-0.1, -0.05) is 6.07 Å². The number of amides is 2. The Morgan fingerprint density at radius 3 is 2.31 bits per heavy atom. The van der Waals surface area contributed by atoms with Crippen LogP contribution < -0.4 is 14.8 Å². The first-order valence-corrected chi connectivity index (χ1v) is 9.11. The van der Waals surface area contributed by atoms with Crippen molar-refractivity contribution in [3.8, 4) is 11.5 Å². The van der Waals surface area contributed by atoms with Gasteiger partial charge in [0.25, 0.3) is 0 Å². The SMILES string of the molecule is COc1ccc(CCNC(=O)N2C[C@H]3C[C@H](O)[C@H](O)C[C@H]3C2)cc1OC. The number of ether oxygens (including phenoxy) is 2. The van der Waals surface area contributed by atoms with Crippen LogP contribution in [0.25, 0.3) is 0 Å². The number of aliphatic hydroxyl groups excluding tert-OH is 2. The van der Waals surface area contributed by atoms with Crippen LogP contribution in [0.2, 0.25) is 0 Å². The summed E-state index contributed by atoms with van der Waals surface area (Å²) in [6.45, 7) is 1.83. The fourth-order valence-corrected chi connectivity index (χ4v) is 4.03. The Morgan fingerprint density at radius 1 is 1.12 bits per heavy atom. The highest BCUT2D eigenvalue weighted by molar-refractivity contribution is 5.74. The summed E-state index contributed by atoms with van der Waals surface area (Å²) >= 11 is 0. The molecule has 2 fully saturated rings. The molecule has 0 radical (unpaired) electrons. The minimum Gasteiger partial charge on any atom is -0.493 e. The van der Waals surface area contributed by atoms with Crippen molar-refractivity contribution in [1.82, 2.24) is 10.2 Å². The van der Waals surface area contributed by atoms with Gasteiger partial charge >= 0.3 is 6.03 Å². The Bertz CT molecular complexity index is 620. The van der Waals surface area contributed by atoms with Gasteiger partial charge in [-0.05, 0) is 48.8 Å². The van der Waals surface area contributed by atoms with Crippen molar-refractivity contribution in [3.05, 3.63) is 23.8 Å². The zero-order valence-electron chi connectivity index (χ0n) is 15.4. The topological polar surface area (TPSA) is 91.3 Å². The second-order valence-electron chi connectivity index (χ2n) is 7.20. The molecule has 1 aromatic rings. The number of nitrogens with zero attached hydrogens (tertiary/aromatic N) is 1. The molecule has 0 bridgehead atoms. The number of rotatable bonds is 5. The summed E-state index contributed by atoms with van der Waals surface area (Å²) in [7, 11) is 3.20. The highest BCUT2D eigenvalue weighted by atomic mass is 16.5. The second-order valence-corrected chi connectivity index (χ2v) is 7.20. The van der Waals surface area contributed by atoms with E-state index >= 15 is 0 Å². The van der Waals surface area contributed by atoms with Gasteiger partial charge in [-0.3, -0.25) is 0 Å². The van der Waals surface area contributed by atoms with Gasteiger partial charge in [-0.2, -0.15) is 0 Å². The minimum absolute atomic E-state index is 0.0798. The van der Waals surface area contributed by atoms with Crippen LogP contribution in [0.3, 0.4) is 0 Å². The van der Waals surface area contributed by atoms with E-state index in [1.165, 1.54) is 0 Å². The molecule has 26 heavy (non-hydrogen) atoms. The van der Waals surface area contributed by atoms with Gasteiger partial charge in [-0.15, -0.1) is 0 Å². The van der Waals surface area contributed by atoms with Gasteiger partial charge in [0.05, 0.1) is 26.4 Å². The number of aliphatic hydroxyl groups is 2. The van der Waals surface area contributed by atoms with E-state index in [4.69, 9.17) is 9.47 Å². The maximum absolute atomic E-state index is 12.4. The quantitative estimate of drug-likeness (QED) is 0.726. The van der Waals surface area contributed by atoms with Crippen molar-refractivity contribution >= 4 is 6.03 Å². The number of hydrogen-bond donors (Lipinski definition) is 3. The first-order valence-electron chi connectivity index (χ1n) is 9.11. The van der Waals surface area contributed by atoms with Crippen molar-refractivity contribution in [2.75, 3.05) is 33.9 Å². The Kier molecular flexibility index (Phi) is 5.88. The molecule has 7 nitrogen and oxygen atoms in total. The molecule has 2 aliphatic rings. The fourth-order valence-electron chi connectivity index (χ4n) is 4.03. The summed E-state index contributed by atoms with van der Waals surface area (Å²) in [5.41, 5.74) is 1.06.